The third kappa shape index (κ3) is 4.02. The highest BCUT2D eigenvalue weighted by Crippen LogP contribution is 2.27. The molecule has 0 aliphatic heterocycles. The van der Waals surface area contributed by atoms with Gasteiger partial charge in [-0.15, -0.1) is 13.2 Å². The number of nitrogens with zero attached hydrogens (tertiary/aromatic N) is 2. The quantitative estimate of drug-likeness (QED) is 0.862. The van der Waals surface area contributed by atoms with Crippen LogP contribution < -0.4 is 4.74 Å². The number of hydrogen-bond donors (Lipinski definition) is 0. The molecule has 0 aliphatic carbocycles. The van der Waals surface area contributed by atoms with Gasteiger partial charge in [0.25, 0.3) is 5.91 Å². The summed E-state index contributed by atoms with van der Waals surface area (Å²) in [5.41, 5.74) is 0.980. The molecule has 0 aliphatic rings. The van der Waals surface area contributed by atoms with E-state index in [0.29, 0.717) is 17.0 Å². The summed E-state index contributed by atoms with van der Waals surface area (Å²) in [6, 6.07) is 5.68. The van der Waals surface area contributed by atoms with Crippen molar-refractivity contribution in [2.45, 2.75) is 26.8 Å². The van der Waals surface area contributed by atoms with E-state index < -0.39 is 6.36 Å². The van der Waals surface area contributed by atoms with E-state index in [1.54, 1.807) is 19.9 Å². The third-order valence-electron chi connectivity index (χ3n) is 3.20. The molecule has 0 radical (unpaired) electrons. The number of carbonyl (C=O) groups excluding carboxylic acids is 1. The van der Waals surface area contributed by atoms with Crippen LogP contribution in [-0.4, -0.2) is 29.4 Å². The minimum atomic E-state index is -4.79. The molecule has 1 aromatic carbocycles. The molecule has 0 bridgehead atoms. The van der Waals surface area contributed by atoms with Gasteiger partial charge in [-0.05, 0) is 19.9 Å². The number of aromatic nitrogens is 1. The van der Waals surface area contributed by atoms with Gasteiger partial charge < -0.3 is 14.2 Å². The van der Waals surface area contributed by atoms with Crippen molar-refractivity contribution in [3.05, 3.63) is 46.8 Å². The van der Waals surface area contributed by atoms with E-state index in [-0.39, 0.29) is 23.8 Å². The van der Waals surface area contributed by atoms with Crippen molar-refractivity contribution < 1.29 is 27.2 Å². The Morgan fingerprint density at radius 3 is 2.52 bits per heavy atom. The van der Waals surface area contributed by atoms with Gasteiger partial charge in [-0.25, -0.2) is 0 Å². The van der Waals surface area contributed by atoms with Crippen LogP contribution in [0.15, 0.2) is 28.8 Å². The molecule has 0 atom stereocenters. The van der Waals surface area contributed by atoms with E-state index in [1.165, 1.54) is 30.1 Å². The number of alkyl halides is 3. The number of aryl methyl sites for hydroxylation is 2. The van der Waals surface area contributed by atoms with Gasteiger partial charge in [0, 0.05) is 19.2 Å². The summed E-state index contributed by atoms with van der Waals surface area (Å²) in [4.78, 5) is 13.7. The maximum atomic E-state index is 12.4. The highest BCUT2D eigenvalue weighted by molar-refractivity contribution is 5.95. The second kappa shape index (κ2) is 6.31. The highest BCUT2D eigenvalue weighted by Gasteiger charge is 2.32. The fourth-order valence-electron chi connectivity index (χ4n) is 2.17. The molecule has 8 heteroatoms. The lowest BCUT2D eigenvalue weighted by atomic mass is 10.1. The van der Waals surface area contributed by atoms with Gasteiger partial charge in [0.2, 0.25) is 0 Å². The number of benzene rings is 1. The molecule has 124 valence electrons. The molecule has 5 nitrogen and oxygen atoms in total. The average molecular weight is 328 g/mol. The van der Waals surface area contributed by atoms with Crippen LogP contribution in [0.2, 0.25) is 0 Å². The van der Waals surface area contributed by atoms with E-state index in [2.05, 4.69) is 9.89 Å². The largest absolute Gasteiger partial charge is 0.573 e. The molecule has 0 saturated carbocycles. The van der Waals surface area contributed by atoms with E-state index >= 15 is 0 Å². The number of carbonyl (C=O) groups is 1. The molecule has 2 rings (SSSR count). The van der Waals surface area contributed by atoms with Gasteiger partial charge in [-0.1, -0.05) is 23.4 Å². The van der Waals surface area contributed by atoms with E-state index in [0.717, 1.165) is 0 Å². The van der Waals surface area contributed by atoms with Crippen molar-refractivity contribution in [3.63, 3.8) is 0 Å². The molecule has 23 heavy (non-hydrogen) atoms. The van der Waals surface area contributed by atoms with Gasteiger partial charge in [0.05, 0.1) is 5.69 Å². The summed E-state index contributed by atoms with van der Waals surface area (Å²) in [5, 5.41) is 3.70. The van der Waals surface area contributed by atoms with Crippen LogP contribution in [0.3, 0.4) is 0 Å². The Balaban J connectivity index is 2.21. The Bertz CT molecular complexity index is 691. The first kappa shape index (κ1) is 16.9. The van der Waals surface area contributed by atoms with Crippen LogP contribution in [0.4, 0.5) is 13.2 Å². The zero-order valence-electron chi connectivity index (χ0n) is 12.8. The summed E-state index contributed by atoms with van der Waals surface area (Å²) < 4.78 is 46.2. The lowest BCUT2D eigenvalue weighted by molar-refractivity contribution is -0.274. The molecular weight excluding hydrogens is 313 g/mol. The van der Waals surface area contributed by atoms with Crippen molar-refractivity contribution in [3.8, 4) is 5.75 Å². The lowest BCUT2D eigenvalue weighted by Crippen LogP contribution is -2.28. The zero-order valence-corrected chi connectivity index (χ0v) is 12.8. The topological polar surface area (TPSA) is 55.6 Å². The van der Waals surface area contributed by atoms with Crippen LogP contribution in [0.5, 0.6) is 5.75 Å². The molecule has 0 unspecified atom stereocenters. The second-order valence-corrected chi connectivity index (χ2v) is 5.02. The number of rotatable bonds is 4. The fraction of sp³-hybridized carbons (Fsp3) is 0.333. The summed E-state index contributed by atoms with van der Waals surface area (Å²) in [7, 11) is 1.48. The molecular formula is C15H15F3N2O3. The minimum Gasteiger partial charge on any atom is -0.405 e. The van der Waals surface area contributed by atoms with Gasteiger partial charge >= 0.3 is 6.36 Å². The Hall–Kier alpha value is -2.51. The lowest BCUT2D eigenvalue weighted by Gasteiger charge is -2.19. The first-order valence-corrected chi connectivity index (χ1v) is 6.71. The molecule has 1 heterocycles. The van der Waals surface area contributed by atoms with E-state index in [1.807, 2.05) is 0 Å². The number of para-hydroxylation sites is 1. The molecule has 0 N–H and O–H groups in total. The number of amides is 1. The van der Waals surface area contributed by atoms with Crippen LogP contribution >= 0.6 is 0 Å². The SMILES string of the molecule is Cc1noc(C)c1C(=O)N(C)Cc1ccccc1OC(F)(F)F. The zero-order chi connectivity index (χ0) is 17.2. The molecule has 0 saturated heterocycles. The first-order valence-electron chi connectivity index (χ1n) is 6.71. The van der Waals surface area contributed by atoms with Crippen molar-refractivity contribution in [1.82, 2.24) is 10.1 Å². The smallest absolute Gasteiger partial charge is 0.405 e. The van der Waals surface area contributed by atoms with Crippen molar-refractivity contribution in [1.29, 1.82) is 0 Å². The van der Waals surface area contributed by atoms with Gasteiger partial charge in [-0.2, -0.15) is 0 Å². The summed E-state index contributed by atoms with van der Waals surface area (Å²) in [6.07, 6.45) is -4.79. The molecule has 1 aromatic heterocycles. The summed E-state index contributed by atoms with van der Waals surface area (Å²) in [5.74, 6) is -0.361. The van der Waals surface area contributed by atoms with Gasteiger partial charge in [-0.3, -0.25) is 4.79 Å². The minimum absolute atomic E-state index is 0.0465. The first-order chi connectivity index (χ1) is 10.7. The van der Waals surface area contributed by atoms with Gasteiger partial charge in [0.15, 0.2) is 0 Å². The Labute approximate surface area is 130 Å². The van der Waals surface area contributed by atoms with Crippen LogP contribution in [0, 0.1) is 13.8 Å². The van der Waals surface area contributed by atoms with E-state index in [9.17, 15) is 18.0 Å². The van der Waals surface area contributed by atoms with Crippen LogP contribution in [0.25, 0.3) is 0 Å². The van der Waals surface area contributed by atoms with Crippen LogP contribution in [0.1, 0.15) is 27.4 Å². The third-order valence-corrected chi connectivity index (χ3v) is 3.20. The molecule has 0 fully saturated rings. The van der Waals surface area contributed by atoms with Crippen molar-refractivity contribution in [2.75, 3.05) is 7.05 Å². The second-order valence-electron chi connectivity index (χ2n) is 5.02. The monoisotopic (exact) mass is 328 g/mol. The maximum absolute atomic E-state index is 12.4. The summed E-state index contributed by atoms with van der Waals surface area (Å²) >= 11 is 0. The molecule has 2 aromatic rings. The summed E-state index contributed by atoms with van der Waals surface area (Å²) in [6.45, 7) is 3.18. The predicted molar refractivity (Wildman–Crippen MR) is 74.9 cm³/mol. The predicted octanol–water partition coefficient (Wildman–Crippen LogP) is 3.46. The van der Waals surface area contributed by atoms with Gasteiger partial charge in [0.1, 0.15) is 17.1 Å². The Morgan fingerprint density at radius 2 is 1.96 bits per heavy atom. The van der Waals surface area contributed by atoms with Crippen molar-refractivity contribution >= 4 is 5.91 Å². The Morgan fingerprint density at radius 1 is 1.30 bits per heavy atom. The normalized spacial score (nSPS) is 11.4. The Kier molecular flexibility index (Phi) is 4.63. The highest BCUT2D eigenvalue weighted by atomic mass is 19.4. The number of ether oxygens (including phenoxy) is 1. The average Bonchev–Trinajstić information content (AvgIpc) is 2.78. The molecule has 0 spiro atoms. The fourth-order valence-corrected chi connectivity index (χ4v) is 2.17. The van der Waals surface area contributed by atoms with Crippen molar-refractivity contribution in [2.24, 2.45) is 0 Å². The number of halogens is 3. The molecule has 1 amide bonds. The number of hydrogen-bond acceptors (Lipinski definition) is 4. The van der Waals surface area contributed by atoms with E-state index in [4.69, 9.17) is 4.52 Å². The van der Waals surface area contributed by atoms with Crippen LogP contribution in [-0.2, 0) is 6.54 Å². The standard InChI is InChI=1S/C15H15F3N2O3/c1-9-13(10(2)23-19-9)14(21)20(3)8-11-6-4-5-7-12(11)22-15(16,17)18/h4-7H,8H2,1-3H3. The maximum Gasteiger partial charge on any atom is 0.573 e.